The Labute approximate surface area is 65.7 Å². The van der Waals surface area contributed by atoms with Gasteiger partial charge in [-0.25, -0.2) is 4.39 Å². The normalized spacial score (nSPS) is 14.3. The molecular formula is C7H14FNO2. The summed E-state index contributed by atoms with van der Waals surface area (Å²) in [6.45, 7) is 2.74. The highest BCUT2D eigenvalue weighted by molar-refractivity contribution is 5.75. The van der Waals surface area contributed by atoms with Gasteiger partial charge >= 0.3 is 5.97 Å². The fraction of sp³-hybridized carbons (Fsp3) is 0.857. The van der Waals surface area contributed by atoms with Gasteiger partial charge in [-0.05, 0) is 13.8 Å². The van der Waals surface area contributed by atoms with Crippen molar-refractivity contribution in [3.8, 4) is 0 Å². The van der Waals surface area contributed by atoms with Crippen molar-refractivity contribution in [2.24, 2.45) is 5.73 Å². The smallest absolute Gasteiger partial charge is 0.322 e. The lowest BCUT2D eigenvalue weighted by atomic mass is 10.0. The van der Waals surface area contributed by atoms with Crippen molar-refractivity contribution in [1.82, 2.24) is 0 Å². The first-order valence-electron chi connectivity index (χ1n) is 3.39. The molecule has 0 radical (unpaired) electrons. The molecule has 0 aromatic heterocycles. The minimum absolute atomic E-state index is 0.0142. The van der Waals surface area contributed by atoms with Crippen LogP contribution in [0, 0.1) is 0 Å². The summed E-state index contributed by atoms with van der Waals surface area (Å²) >= 11 is 0. The van der Waals surface area contributed by atoms with Crippen molar-refractivity contribution >= 4 is 5.97 Å². The van der Waals surface area contributed by atoms with Crippen LogP contribution in [-0.2, 0) is 9.53 Å². The second-order valence-electron chi connectivity index (χ2n) is 3.05. The zero-order valence-corrected chi connectivity index (χ0v) is 7.06. The number of hydrogen-bond donors (Lipinski definition) is 1. The molecule has 0 aliphatic carbocycles. The van der Waals surface area contributed by atoms with Gasteiger partial charge in [0.1, 0.15) is 11.7 Å². The highest BCUT2D eigenvalue weighted by Gasteiger charge is 2.24. The molecule has 0 saturated heterocycles. The molecule has 1 atom stereocenters. The van der Waals surface area contributed by atoms with E-state index in [0.717, 1.165) is 0 Å². The number of halogens is 1. The van der Waals surface area contributed by atoms with E-state index in [0.29, 0.717) is 0 Å². The van der Waals surface area contributed by atoms with Gasteiger partial charge in [0, 0.05) is 6.42 Å². The number of carbonyl (C=O) groups excluding carboxylic acids is 1. The molecule has 0 bridgehead atoms. The quantitative estimate of drug-likeness (QED) is 0.621. The third kappa shape index (κ3) is 4.72. The molecule has 0 aliphatic heterocycles. The maximum Gasteiger partial charge on any atom is 0.322 e. The van der Waals surface area contributed by atoms with Crippen LogP contribution in [0.2, 0.25) is 0 Å². The molecular weight excluding hydrogens is 149 g/mol. The van der Waals surface area contributed by atoms with Crippen molar-refractivity contribution in [3.63, 3.8) is 0 Å². The fourth-order valence-corrected chi connectivity index (χ4v) is 0.758. The number of methoxy groups -OCH3 is 1. The van der Waals surface area contributed by atoms with Crippen molar-refractivity contribution < 1.29 is 13.9 Å². The van der Waals surface area contributed by atoms with Crippen LogP contribution in [0.1, 0.15) is 20.3 Å². The predicted molar refractivity (Wildman–Crippen MR) is 39.8 cm³/mol. The average molecular weight is 163 g/mol. The van der Waals surface area contributed by atoms with Gasteiger partial charge in [-0.3, -0.25) is 4.79 Å². The summed E-state index contributed by atoms with van der Waals surface area (Å²) in [5.74, 6) is -0.573. The van der Waals surface area contributed by atoms with Gasteiger partial charge in [0.15, 0.2) is 0 Å². The Morgan fingerprint density at radius 2 is 2.18 bits per heavy atom. The van der Waals surface area contributed by atoms with Crippen molar-refractivity contribution in [1.29, 1.82) is 0 Å². The summed E-state index contributed by atoms with van der Waals surface area (Å²) in [5.41, 5.74) is 3.88. The van der Waals surface area contributed by atoms with Gasteiger partial charge in [0.2, 0.25) is 0 Å². The molecule has 0 aromatic carbocycles. The molecule has 0 spiro atoms. The summed E-state index contributed by atoms with van der Waals surface area (Å²) in [6, 6.07) is -0.861. The van der Waals surface area contributed by atoms with Crippen LogP contribution in [0.5, 0.6) is 0 Å². The third-order valence-electron chi connectivity index (χ3n) is 1.21. The number of ether oxygens (including phenoxy) is 1. The van der Waals surface area contributed by atoms with Crippen molar-refractivity contribution in [2.45, 2.75) is 32.0 Å². The Balaban J connectivity index is 3.87. The summed E-state index contributed by atoms with van der Waals surface area (Å²) in [6.07, 6.45) is -0.0142. The van der Waals surface area contributed by atoms with E-state index in [1.807, 2.05) is 0 Å². The molecule has 2 N–H and O–H groups in total. The number of nitrogens with two attached hydrogens (primary N) is 1. The molecule has 0 aliphatic rings. The first kappa shape index (κ1) is 10.4. The second kappa shape index (κ2) is 3.67. The lowest BCUT2D eigenvalue weighted by Crippen LogP contribution is -2.36. The van der Waals surface area contributed by atoms with Gasteiger partial charge in [-0.15, -0.1) is 0 Å². The predicted octanol–water partition coefficient (Wildman–Crippen LogP) is 0.625. The number of hydrogen-bond acceptors (Lipinski definition) is 3. The fourth-order valence-electron chi connectivity index (χ4n) is 0.758. The highest BCUT2D eigenvalue weighted by Crippen LogP contribution is 2.15. The number of esters is 1. The Morgan fingerprint density at radius 3 is 2.45 bits per heavy atom. The van der Waals surface area contributed by atoms with Crippen molar-refractivity contribution in [3.05, 3.63) is 0 Å². The van der Waals surface area contributed by atoms with Crippen LogP contribution in [0.4, 0.5) is 4.39 Å². The van der Waals surface area contributed by atoms with E-state index in [1.54, 1.807) is 0 Å². The molecule has 0 heterocycles. The summed E-state index contributed by atoms with van der Waals surface area (Å²) < 4.78 is 17.2. The van der Waals surface area contributed by atoms with Crippen LogP contribution in [0.15, 0.2) is 0 Å². The molecule has 4 heteroatoms. The molecule has 1 unspecified atom stereocenters. The Hall–Kier alpha value is -0.640. The van der Waals surface area contributed by atoms with Crippen LogP contribution in [-0.4, -0.2) is 24.8 Å². The molecule has 11 heavy (non-hydrogen) atoms. The Bertz CT molecular complexity index is 142. The maximum atomic E-state index is 12.8. The number of rotatable bonds is 3. The zero-order chi connectivity index (χ0) is 9.07. The van der Waals surface area contributed by atoms with Gasteiger partial charge in [0.25, 0.3) is 0 Å². The molecule has 66 valence electrons. The zero-order valence-electron chi connectivity index (χ0n) is 7.06. The van der Waals surface area contributed by atoms with Crippen molar-refractivity contribution in [2.75, 3.05) is 7.11 Å². The van der Waals surface area contributed by atoms with Crippen LogP contribution in [0.25, 0.3) is 0 Å². The van der Waals surface area contributed by atoms with E-state index in [9.17, 15) is 9.18 Å². The number of alkyl halides is 1. The second-order valence-corrected chi connectivity index (χ2v) is 3.05. The molecule has 0 rings (SSSR count). The topological polar surface area (TPSA) is 52.3 Å². The minimum Gasteiger partial charge on any atom is -0.468 e. The number of carbonyl (C=O) groups is 1. The lowest BCUT2D eigenvalue weighted by molar-refractivity contribution is -0.143. The van der Waals surface area contributed by atoms with Crippen LogP contribution >= 0.6 is 0 Å². The van der Waals surface area contributed by atoms with E-state index in [2.05, 4.69) is 4.74 Å². The van der Waals surface area contributed by atoms with E-state index >= 15 is 0 Å². The molecule has 0 amide bonds. The minimum atomic E-state index is -1.42. The molecule has 0 saturated carbocycles. The molecule has 0 fully saturated rings. The first-order valence-corrected chi connectivity index (χ1v) is 3.39. The third-order valence-corrected chi connectivity index (χ3v) is 1.21. The van der Waals surface area contributed by atoms with Gasteiger partial charge in [-0.2, -0.15) is 0 Å². The Kier molecular flexibility index (Phi) is 3.45. The lowest BCUT2D eigenvalue weighted by Gasteiger charge is -2.17. The van der Waals surface area contributed by atoms with Crippen LogP contribution in [0.3, 0.4) is 0 Å². The van der Waals surface area contributed by atoms with Gasteiger partial charge < -0.3 is 10.5 Å². The summed E-state index contributed by atoms with van der Waals surface area (Å²) in [4.78, 5) is 10.7. The summed E-state index contributed by atoms with van der Waals surface area (Å²) in [5, 5.41) is 0. The molecule has 0 aromatic rings. The van der Waals surface area contributed by atoms with Gasteiger partial charge in [-0.1, -0.05) is 0 Å². The maximum absolute atomic E-state index is 12.8. The monoisotopic (exact) mass is 163 g/mol. The highest BCUT2D eigenvalue weighted by atomic mass is 19.1. The summed E-state index contributed by atoms with van der Waals surface area (Å²) in [7, 11) is 1.23. The SMILES string of the molecule is COC(=O)C(N)CC(C)(C)F. The standard InChI is InChI=1S/C7H14FNO2/c1-7(2,8)4-5(9)6(10)11-3/h5H,4,9H2,1-3H3. The van der Waals surface area contributed by atoms with E-state index in [-0.39, 0.29) is 6.42 Å². The average Bonchev–Trinajstić information content (AvgIpc) is 1.82. The van der Waals surface area contributed by atoms with E-state index in [4.69, 9.17) is 5.73 Å². The first-order chi connectivity index (χ1) is 4.87. The van der Waals surface area contributed by atoms with Gasteiger partial charge in [0.05, 0.1) is 7.11 Å². The van der Waals surface area contributed by atoms with Crippen LogP contribution < -0.4 is 5.73 Å². The van der Waals surface area contributed by atoms with E-state index < -0.39 is 17.7 Å². The largest absolute Gasteiger partial charge is 0.468 e. The Morgan fingerprint density at radius 1 is 1.73 bits per heavy atom. The van der Waals surface area contributed by atoms with E-state index in [1.165, 1.54) is 21.0 Å². The molecule has 3 nitrogen and oxygen atoms in total.